The summed E-state index contributed by atoms with van der Waals surface area (Å²) in [6, 6.07) is 0. The molecule has 0 bridgehead atoms. The molecule has 1 aliphatic rings. The lowest BCUT2D eigenvalue weighted by Gasteiger charge is -2.37. The van der Waals surface area contributed by atoms with Crippen LogP contribution in [0.5, 0.6) is 0 Å². The Morgan fingerprint density at radius 3 is 2.68 bits per heavy atom. The lowest BCUT2D eigenvalue weighted by Crippen LogP contribution is -2.38. The van der Waals surface area contributed by atoms with Crippen molar-refractivity contribution in [3.8, 4) is 0 Å². The molecular weight excluding hydrogens is 304 g/mol. The minimum Gasteiger partial charge on any atom is -0.355 e. The number of halogens is 1. The average Bonchev–Trinajstić information content (AvgIpc) is 2.38. The van der Waals surface area contributed by atoms with Gasteiger partial charge in [0.25, 0.3) is 0 Å². The standard InChI is InChI=1S/C14H23BrN4/c1-4-7-16-13-17-10-11(15)12(18-13)19-8-5-14(2,3)6-9-19/h10H,4-9H2,1-3H3,(H,16,17,18). The van der Waals surface area contributed by atoms with E-state index in [0.29, 0.717) is 5.41 Å². The largest absolute Gasteiger partial charge is 0.355 e. The molecule has 19 heavy (non-hydrogen) atoms. The van der Waals surface area contributed by atoms with Gasteiger partial charge in [-0.15, -0.1) is 0 Å². The molecule has 0 aliphatic carbocycles. The Bertz CT molecular complexity index is 423. The molecule has 1 aliphatic heterocycles. The normalized spacial score (nSPS) is 18.4. The molecule has 0 unspecified atom stereocenters. The molecule has 1 aromatic rings. The van der Waals surface area contributed by atoms with E-state index < -0.39 is 0 Å². The number of rotatable bonds is 4. The van der Waals surface area contributed by atoms with Gasteiger partial charge in [0, 0.05) is 25.8 Å². The Hall–Kier alpha value is -0.840. The van der Waals surface area contributed by atoms with Crippen molar-refractivity contribution in [3.63, 3.8) is 0 Å². The summed E-state index contributed by atoms with van der Waals surface area (Å²) in [5, 5.41) is 3.25. The van der Waals surface area contributed by atoms with Crippen molar-refractivity contribution < 1.29 is 0 Å². The third-order valence-electron chi connectivity index (χ3n) is 3.68. The molecule has 0 spiro atoms. The highest BCUT2D eigenvalue weighted by atomic mass is 79.9. The van der Waals surface area contributed by atoms with E-state index in [1.807, 2.05) is 6.20 Å². The first-order valence-electron chi connectivity index (χ1n) is 7.03. The van der Waals surface area contributed by atoms with Crippen molar-refractivity contribution in [2.24, 2.45) is 5.41 Å². The van der Waals surface area contributed by atoms with Crippen LogP contribution in [0.3, 0.4) is 0 Å². The number of piperidine rings is 1. The van der Waals surface area contributed by atoms with E-state index in [0.717, 1.165) is 42.3 Å². The molecule has 106 valence electrons. The number of nitrogens with zero attached hydrogens (tertiary/aromatic N) is 3. The van der Waals surface area contributed by atoms with Gasteiger partial charge in [-0.2, -0.15) is 4.98 Å². The van der Waals surface area contributed by atoms with Gasteiger partial charge in [0.2, 0.25) is 5.95 Å². The summed E-state index contributed by atoms with van der Waals surface area (Å²) in [6.45, 7) is 9.86. The average molecular weight is 327 g/mol. The second-order valence-corrected chi connectivity index (χ2v) is 6.80. The molecule has 4 nitrogen and oxygen atoms in total. The van der Waals surface area contributed by atoms with Crippen LogP contribution in [0, 0.1) is 5.41 Å². The van der Waals surface area contributed by atoms with Crippen molar-refractivity contribution in [3.05, 3.63) is 10.7 Å². The van der Waals surface area contributed by atoms with Gasteiger partial charge in [-0.25, -0.2) is 4.98 Å². The van der Waals surface area contributed by atoms with Crippen LogP contribution in [-0.2, 0) is 0 Å². The lowest BCUT2D eigenvalue weighted by molar-refractivity contribution is 0.279. The van der Waals surface area contributed by atoms with Gasteiger partial charge < -0.3 is 10.2 Å². The van der Waals surface area contributed by atoms with Crippen LogP contribution in [0.2, 0.25) is 0 Å². The Labute approximate surface area is 124 Å². The van der Waals surface area contributed by atoms with Crippen molar-refractivity contribution in [2.75, 3.05) is 29.9 Å². The van der Waals surface area contributed by atoms with E-state index in [4.69, 9.17) is 0 Å². The zero-order valence-electron chi connectivity index (χ0n) is 12.0. The fraction of sp³-hybridized carbons (Fsp3) is 0.714. The molecule has 5 heteroatoms. The molecule has 0 radical (unpaired) electrons. The molecule has 0 aromatic carbocycles. The number of hydrogen-bond acceptors (Lipinski definition) is 4. The van der Waals surface area contributed by atoms with Crippen molar-refractivity contribution >= 4 is 27.7 Å². The molecule has 1 aromatic heterocycles. The van der Waals surface area contributed by atoms with E-state index in [1.165, 1.54) is 12.8 Å². The van der Waals surface area contributed by atoms with Crippen molar-refractivity contribution in [1.29, 1.82) is 0 Å². The number of hydrogen-bond donors (Lipinski definition) is 1. The third-order valence-corrected chi connectivity index (χ3v) is 4.23. The first kappa shape index (κ1) is 14.6. The van der Waals surface area contributed by atoms with Crippen LogP contribution in [0.1, 0.15) is 40.0 Å². The van der Waals surface area contributed by atoms with E-state index in [1.54, 1.807) is 0 Å². The van der Waals surface area contributed by atoms with E-state index in [9.17, 15) is 0 Å². The third kappa shape index (κ3) is 3.81. The number of anilines is 2. The quantitative estimate of drug-likeness (QED) is 0.916. The first-order chi connectivity index (χ1) is 9.02. The zero-order valence-corrected chi connectivity index (χ0v) is 13.6. The highest BCUT2D eigenvalue weighted by Crippen LogP contribution is 2.34. The molecule has 2 rings (SSSR count). The van der Waals surface area contributed by atoms with Gasteiger partial charge in [-0.05, 0) is 40.6 Å². The van der Waals surface area contributed by atoms with Gasteiger partial charge in [0.15, 0.2) is 0 Å². The van der Waals surface area contributed by atoms with Crippen LogP contribution in [0.15, 0.2) is 10.7 Å². The summed E-state index contributed by atoms with van der Waals surface area (Å²) in [7, 11) is 0. The number of aromatic nitrogens is 2. The Morgan fingerprint density at radius 2 is 2.05 bits per heavy atom. The highest BCUT2D eigenvalue weighted by molar-refractivity contribution is 9.10. The fourth-order valence-electron chi connectivity index (χ4n) is 2.23. The molecule has 1 fully saturated rings. The molecule has 0 saturated carbocycles. The minimum atomic E-state index is 0.458. The Kier molecular flexibility index (Phi) is 4.66. The minimum absolute atomic E-state index is 0.458. The monoisotopic (exact) mass is 326 g/mol. The molecule has 0 atom stereocenters. The second kappa shape index (κ2) is 6.07. The fourth-order valence-corrected chi connectivity index (χ4v) is 2.67. The Morgan fingerprint density at radius 1 is 1.37 bits per heavy atom. The predicted molar refractivity (Wildman–Crippen MR) is 83.7 cm³/mol. The molecule has 1 saturated heterocycles. The second-order valence-electron chi connectivity index (χ2n) is 5.94. The maximum absolute atomic E-state index is 4.64. The smallest absolute Gasteiger partial charge is 0.224 e. The Balaban J connectivity index is 2.10. The topological polar surface area (TPSA) is 41.1 Å². The van der Waals surface area contributed by atoms with E-state index >= 15 is 0 Å². The lowest BCUT2D eigenvalue weighted by atomic mass is 9.83. The molecule has 1 N–H and O–H groups in total. The van der Waals surface area contributed by atoms with Gasteiger partial charge in [-0.1, -0.05) is 20.8 Å². The van der Waals surface area contributed by atoms with Gasteiger partial charge in [0.05, 0.1) is 4.47 Å². The zero-order chi connectivity index (χ0) is 13.9. The van der Waals surface area contributed by atoms with Crippen LogP contribution in [0.25, 0.3) is 0 Å². The van der Waals surface area contributed by atoms with Crippen molar-refractivity contribution in [2.45, 2.75) is 40.0 Å². The first-order valence-corrected chi connectivity index (χ1v) is 7.82. The SMILES string of the molecule is CCCNc1ncc(Br)c(N2CCC(C)(C)CC2)n1. The summed E-state index contributed by atoms with van der Waals surface area (Å²) >= 11 is 3.57. The van der Waals surface area contributed by atoms with Gasteiger partial charge in [-0.3, -0.25) is 0 Å². The van der Waals surface area contributed by atoms with Crippen LogP contribution < -0.4 is 10.2 Å². The molecule has 0 amide bonds. The summed E-state index contributed by atoms with van der Waals surface area (Å²) in [5.74, 6) is 1.74. The van der Waals surface area contributed by atoms with Gasteiger partial charge >= 0.3 is 0 Å². The summed E-state index contributed by atoms with van der Waals surface area (Å²) in [4.78, 5) is 11.3. The maximum Gasteiger partial charge on any atom is 0.224 e. The summed E-state index contributed by atoms with van der Waals surface area (Å²) in [6.07, 6.45) is 5.34. The number of nitrogens with one attached hydrogen (secondary N) is 1. The van der Waals surface area contributed by atoms with Crippen LogP contribution in [-0.4, -0.2) is 29.6 Å². The predicted octanol–water partition coefficient (Wildman–Crippen LogP) is 3.69. The summed E-state index contributed by atoms with van der Waals surface area (Å²) in [5.41, 5.74) is 0.458. The van der Waals surface area contributed by atoms with Gasteiger partial charge in [0.1, 0.15) is 5.82 Å². The highest BCUT2D eigenvalue weighted by Gasteiger charge is 2.27. The summed E-state index contributed by atoms with van der Waals surface area (Å²) < 4.78 is 0.981. The van der Waals surface area contributed by atoms with Crippen molar-refractivity contribution in [1.82, 2.24) is 9.97 Å². The van der Waals surface area contributed by atoms with E-state index in [2.05, 4.69) is 56.9 Å². The van der Waals surface area contributed by atoms with Crippen LogP contribution in [0.4, 0.5) is 11.8 Å². The maximum atomic E-state index is 4.64. The van der Waals surface area contributed by atoms with Crippen LogP contribution >= 0.6 is 15.9 Å². The van der Waals surface area contributed by atoms with E-state index in [-0.39, 0.29) is 0 Å². The molecule has 2 heterocycles. The molecular formula is C14H23BrN4.